The van der Waals surface area contributed by atoms with Gasteiger partial charge in [0.2, 0.25) is 11.9 Å². The van der Waals surface area contributed by atoms with Crippen molar-refractivity contribution in [2.75, 3.05) is 19.6 Å². The van der Waals surface area contributed by atoms with E-state index in [1.165, 1.54) is 154 Å². The molecule has 0 atom stereocenters. The van der Waals surface area contributed by atoms with Crippen LogP contribution < -0.4 is 10.6 Å². The van der Waals surface area contributed by atoms with Crippen molar-refractivity contribution in [3.05, 3.63) is 24.3 Å². The number of amides is 3. The summed E-state index contributed by atoms with van der Waals surface area (Å²) in [5.74, 6) is -0.0578. The van der Waals surface area contributed by atoms with Crippen LogP contribution in [0.1, 0.15) is 242 Å². The van der Waals surface area contributed by atoms with Gasteiger partial charge < -0.3 is 14.4 Å². The van der Waals surface area contributed by atoms with Crippen molar-refractivity contribution in [3.8, 4) is 0 Å². The van der Waals surface area contributed by atoms with Crippen molar-refractivity contribution in [3.63, 3.8) is 0 Å². The number of hydrogen-bond donors (Lipinski definition) is 2. The summed E-state index contributed by atoms with van der Waals surface area (Å²) in [4.78, 5) is 44.9. The zero-order valence-corrected chi connectivity index (χ0v) is 39.9. The minimum Gasteiger partial charge on any atom is -0.444 e. The molecule has 0 rings (SSSR count). The summed E-state index contributed by atoms with van der Waals surface area (Å²) < 4.78 is 10.7. The predicted octanol–water partition coefficient (Wildman–Crippen LogP) is 14.7. The Hall–Kier alpha value is -2.84. The van der Waals surface area contributed by atoms with E-state index in [-0.39, 0.29) is 24.8 Å². The number of unbranched alkanes of at least 4 members (excludes halogenated alkanes) is 24. The third-order valence-corrected chi connectivity index (χ3v) is 10.1. The second-order valence-corrected chi connectivity index (χ2v) is 18.5. The lowest BCUT2D eigenvalue weighted by Gasteiger charge is -2.23. The van der Waals surface area contributed by atoms with Crippen molar-refractivity contribution in [1.82, 2.24) is 15.5 Å². The number of ether oxygens (including phenoxy) is 2. The van der Waals surface area contributed by atoms with Crippen molar-refractivity contribution in [1.29, 1.82) is 0 Å². The Morgan fingerprint density at radius 3 is 1.10 bits per heavy atom. The number of aliphatic imine (C=N–C) groups is 1. The Bertz CT molecular complexity index is 1050. The summed E-state index contributed by atoms with van der Waals surface area (Å²) in [6.45, 7) is 16.7. The van der Waals surface area contributed by atoms with Crippen LogP contribution in [0.25, 0.3) is 0 Å². The lowest BCUT2D eigenvalue weighted by molar-refractivity contribution is -0.131. The molecule has 344 valence electrons. The third-order valence-electron chi connectivity index (χ3n) is 10.1. The van der Waals surface area contributed by atoms with E-state index < -0.39 is 23.4 Å². The first-order chi connectivity index (χ1) is 28.3. The van der Waals surface area contributed by atoms with E-state index in [0.29, 0.717) is 0 Å². The normalized spacial score (nSPS) is 11.9. The van der Waals surface area contributed by atoms with Gasteiger partial charge in [0.1, 0.15) is 11.2 Å². The molecular formula is C50H94N4O5. The number of nitrogens with zero attached hydrogens (tertiary/aromatic N) is 2. The molecule has 0 radical (unpaired) electrons. The molecular weight excluding hydrogens is 737 g/mol. The van der Waals surface area contributed by atoms with Crippen LogP contribution in [0.15, 0.2) is 29.3 Å². The topological polar surface area (TPSA) is 109 Å². The van der Waals surface area contributed by atoms with Crippen LogP contribution in [0.3, 0.4) is 0 Å². The van der Waals surface area contributed by atoms with Gasteiger partial charge in [-0.05, 0) is 106 Å². The zero-order chi connectivity index (χ0) is 43.9. The molecule has 0 spiro atoms. The van der Waals surface area contributed by atoms with Crippen LogP contribution in [0, 0.1) is 0 Å². The summed E-state index contributed by atoms with van der Waals surface area (Å²) in [5.41, 5.74) is -1.46. The minimum atomic E-state index is -0.750. The summed E-state index contributed by atoms with van der Waals surface area (Å²) in [6.07, 6.45) is 43.3. The quantitative estimate of drug-likeness (QED) is 0.0286. The third kappa shape index (κ3) is 41.7. The maximum atomic E-state index is 13.5. The Morgan fingerprint density at radius 2 is 0.780 bits per heavy atom. The molecule has 0 saturated heterocycles. The summed E-state index contributed by atoms with van der Waals surface area (Å²) in [7, 11) is 0. The molecule has 0 bridgehead atoms. The van der Waals surface area contributed by atoms with Crippen LogP contribution in [0.2, 0.25) is 0 Å². The molecule has 0 fully saturated rings. The Morgan fingerprint density at radius 1 is 0.475 bits per heavy atom. The monoisotopic (exact) mass is 831 g/mol. The molecule has 0 heterocycles. The van der Waals surface area contributed by atoms with Crippen LogP contribution in [-0.2, 0) is 14.3 Å². The van der Waals surface area contributed by atoms with Crippen LogP contribution in [0.5, 0.6) is 0 Å². The zero-order valence-electron chi connectivity index (χ0n) is 39.9. The van der Waals surface area contributed by atoms with Crippen molar-refractivity contribution >= 4 is 24.1 Å². The van der Waals surface area contributed by atoms with Gasteiger partial charge in [-0.3, -0.25) is 20.4 Å². The molecule has 0 aliphatic carbocycles. The van der Waals surface area contributed by atoms with Crippen LogP contribution >= 0.6 is 0 Å². The molecule has 2 N–H and O–H groups in total. The summed E-state index contributed by atoms with van der Waals surface area (Å²) in [6, 6.07) is 0. The maximum Gasteiger partial charge on any atom is 0.414 e. The van der Waals surface area contributed by atoms with Gasteiger partial charge in [-0.15, -0.1) is 0 Å². The molecule has 0 aromatic heterocycles. The smallest absolute Gasteiger partial charge is 0.414 e. The molecule has 59 heavy (non-hydrogen) atoms. The highest BCUT2D eigenvalue weighted by Gasteiger charge is 2.21. The predicted molar refractivity (Wildman–Crippen MR) is 251 cm³/mol. The van der Waals surface area contributed by atoms with Gasteiger partial charge in [-0.2, -0.15) is 0 Å². The van der Waals surface area contributed by atoms with Crippen molar-refractivity contribution < 1.29 is 23.9 Å². The molecule has 0 aromatic rings. The largest absolute Gasteiger partial charge is 0.444 e. The van der Waals surface area contributed by atoms with Gasteiger partial charge in [0.25, 0.3) is 0 Å². The highest BCUT2D eigenvalue weighted by atomic mass is 16.6. The number of carbonyl (C=O) groups is 3. The van der Waals surface area contributed by atoms with Gasteiger partial charge in [0.05, 0.1) is 6.54 Å². The van der Waals surface area contributed by atoms with Gasteiger partial charge in [-0.1, -0.05) is 154 Å². The van der Waals surface area contributed by atoms with Crippen molar-refractivity contribution in [2.24, 2.45) is 4.99 Å². The van der Waals surface area contributed by atoms with Gasteiger partial charge in [0.15, 0.2) is 0 Å². The maximum absolute atomic E-state index is 13.5. The van der Waals surface area contributed by atoms with Crippen molar-refractivity contribution in [2.45, 2.75) is 253 Å². The molecule has 0 unspecified atom stereocenters. The summed E-state index contributed by atoms with van der Waals surface area (Å²) >= 11 is 0. The minimum absolute atomic E-state index is 0.0446. The van der Waals surface area contributed by atoms with Gasteiger partial charge in [-0.25, -0.2) is 9.59 Å². The fraction of sp³-hybridized carbons (Fsp3) is 0.840. The van der Waals surface area contributed by atoms with Gasteiger partial charge >= 0.3 is 12.2 Å². The number of hydrogen-bond acceptors (Lipinski definition) is 6. The first-order valence-corrected chi connectivity index (χ1v) is 24.4. The lowest BCUT2D eigenvalue weighted by Crippen LogP contribution is -2.47. The molecule has 0 aromatic carbocycles. The van der Waals surface area contributed by atoms with E-state index in [9.17, 15) is 14.4 Å². The van der Waals surface area contributed by atoms with Crippen LogP contribution in [0.4, 0.5) is 9.59 Å². The number of nitrogens with one attached hydrogen (secondary N) is 2. The van der Waals surface area contributed by atoms with E-state index in [1.54, 1.807) is 41.5 Å². The highest BCUT2D eigenvalue weighted by molar-refractivity contribution is 6.01. The first-order valence-electron chi connectivity index (χ1n) is 24.4. The van der Waals surface area contributed by atoms with Gasteiger partial charge in [0, 0.05) is 19.5 Å². The average Bonchev–Trinajstić information content (AvgIpc) is 3.15. The van der Waals surface area contributed by atoms with E-state index in [1.807, 2.05) is 4.90 Å². The fourth-order valence-electron chi connectivity index (χ4n) is 6.79. The standard InChI is InChI=1S/C50H94N4O5/c1-9-11-13-15-17-19-21-23-25-27-29-31-33-35-37-39-43-54(44-40-38-36-34-32-30-28-26-24-22-20-18-16-14-12-10-2)45(55)41-42-51-46(52-47(56)58-49(3,4)5)53-48(57)59-50(6,7)8/h23-26H,9-22,27-44H2,1-8H3,(H2,51,52,53,56,57). The number of guanidine groups is 1. The number of allylic oxidation sites excluding steroid dienone is 4. The number of rotatable bonds is 35. The van der Waals surface area contributed by atoms with E-state index in [0.717, 1.165) is 38.8 Å². The summed E-state index contributed by atoms with van der Waals surface area (Å²) in [5, 5.41) is 5.02. The molecule has 0 aliphatic rings. The Balaban J connectivity index is 4.89. The lowest BCUT2D eigenvalue weighted by atomic mass is 10.1. The number of alkyl carbamates (subject to hydrolysis) is 2. The first kappa shape index (κ1) is 56.2. The van der Waals surface area contributed by atoms with E-state index in [4.69, 9.17) is 9.47 Å². The van der Waals surface area contributed by atoms with Crippen LogP contribution in [-0.4, -0.2) is 59.8 Å². The number of carbonyl (C=O) groups excluding carboxylic acids is 3. The Kier molecular flexibility index (Phi) is 36.3. The Labute approximate surface area is 364 Å². The average molecular weight is 831 g/mol. The highest BCUT2D eigenvalue weighted by Crippen LogP contribution is 2.14. The molecule has 3 amide bonds. The molecule has 0 aliphatic heterocycles. The van der Waals surface area contributed by atoms with E-state index >= 15 is 0 Å². The molecule has 9 heteroatoms. The fourth-order valence-corrected chi connectivity index (χ4v) is 6.79. The SMILES string of the molecule is CCCCCCCCC=CCCCCCCCCN(CCCCCCCCC=CCCCCCCCC)C(=O)CCN=C(NC(=O)OC(C)(C)C)NC(=O)OC(C)(C)C. The van der Waals surface area contributed by atoms with E-state index in [2.05, 4.69) is 53.8 Å². The second-order valence-electron chi connectivity index (χ2n) is 18.5. The second kappa shape index (κ2) is 38.1. The molecule has 9 nitrogen and oxygen atoms in total. The molecule has 0 saturated carbocycles.